The molecule has 6 aromatic heterocycles. The van der Waals surface area contributed by atoms with E-state index in [4.69, 9.17) is 49.0 Å². The summed E-state index contributed by atoms with van der Waals surface area (Å²) < 4.78 is 132. The molecule has 16 atom stereocenters. The number of aliphatic hydroxyl groups is 2. The largest absolute Gasteiger partial charge is 0.756 e. The van der Waals surface area contributed by atoms with Crippen molar-refractivity contribution in [1.82, 2.24) is 50.3 Å². The summed E-state index contributed by atoms with van der Waals surface area (Å²) in [6, 6.07) is 10.8. The molecule has 0 radical (unpaired) electrons. The predicted molar refractivity (Wildman–Crippen MR) is 431 cm³/mol. The molecule has 0 bridgehead atoms. The lowest BCUT2D eigenvalue weighted by atomic mass is 9.79. The Hall–Kier alpha value is -9.10. The van der Waals surface area contributed by atoms with Gasteiger partial charge in [0.25, 0.3) is 38.7 Å². The van der Waals surface area contributed by atoms with Crippen LogP contribution in [0.4, 0.5) is 32.9 Å². The number of alkyl carbamates (subject to hydrolysis) is 2. The van der Waals surface area contributed by atoms with Gasteiger partial charge < -0.3 is 120 Å². The first kappa shape index (κ1) is 97.5. The molecule has 0 aliphatic carbocycles. The first-order chi connectivity index (χ1) is 58.5. The number of aromatic amines is 2. The van der Waals surface area contributed by atoms with Crippen molar-refractivity contribution >= 4 is 138 Å². The van der Waals surface area contributed by atoms with Crippen LogP contribution in [0.3, 0.4) is 0 Å². The number of carbonyl (C=O) groups excluding carboxylic acids is 4. The van der Waals surface area contributed by atoms with Gasteiger partial charge in [-0.2, -0.15) is 8.62 Å². The summed E-state index contributed by atoms with van der Waals surface area (Å²) >= 11 is 0. The number of aryl methyl sites for hydroxylation is 4. The minimum Gasteiger partial charge on any atom is -0.756 e. The molecule has 8 unspecified atom stereocenters. The van der Waals surface area contributed by atoms with E-state index in [1.165, 1.54) is 48.0 Å². The van der Waals surface area contributed by atoms with Crippen LogP contribution in [0.2, 0.25) is 0 Å². The lowest BCUT2D eigenvalue weighted by molar-refractivity contribution is -0.746. The average molecular weight is 1900 g/mol. The van der Waals surface area contributed by atoms with Crippen molar-refractivity contribution in [2.45, 2.75) is 166 Å². The summed E-state index contributed by atoms with van der Waals surface area (Å²) in [6.07, 6.45) is -10.5. The Kier molecular flexibility index (Phi) is 29.3. The number of fused-ring (bicyclic) bond motifs is 6. The molecule has 4 aliphatic heterocycles. The molecule has 4 aliphatic rings. The van der Waals surface area contributed by atoms with Gasteiger partial charge in [-0.1, -0.05) is 23.8 Å². The number of carbonyl (C=O) groups is 4. The number of benzene rings is 2. The van der Waals surface area contributed by atoms with Crippen molar-refractivity contribution in [3.63, 3.8) is 0 Å². The van der Waals surface area contributed by atoms with E-state index < -0.39 is 144 Å². The number of rotatable bonds is 32. The zero-order valence-electron chi connectivity index (χ0n) is 68.7. The zero-order valence-corrected chi connectivity index (χ0v) is 74.1. The van der Waals surface area contributed by atoms with Crippen molar-refractivity contribution < 1.29 is 159 Å². The normalized spacial score (nSPS) is 23.7. The number of nitrogen functional groups attached to an aromatic ring is 2. The second kappa shape index (κ2) is 37.9. The molecular formula is C68H94N16O36P6. The minimum atomic E-state index is -5.96. The van der Waals surface area contributed by atoms with Crippen LogP contribution < -0.4 is 83.8 Å². The van der Waals surface area contributed by atoms with E-state index in [0.29, 0.717) is 37.1 Å². The van der Waals surface area contributed by atoms with Crippen molar-refractivity contribution in [2.24, 2.45) is 14.1 Å². The second-order valence-corrected chi connectivity index (χ2v) is 40.1. The van der Waals surface area contributed by atoms with Crippen LogP contribution in [-0.4, -0.2) is 193 Å². The Morgan fingerprint density at radius 3 is 1.35 bits per heavy atom. The summed E-state index contributed by atoms with van der Waals surface area (Å²) in [4.78, 5) is 197. The van der Waals surface area contributed by atoms with Gasteiger partial charge in [-0.25, -0.2) is 55.2 Å². The van der Waals surface area contributed by atoms with Gasteiger partial charge in [0, 0.05) is 110 Å². The van der Waals surface area contributed by atoms with Crippen molar-refractivity contribution in [3.8, 4) is 0 Å². The van der Waals surface area contributed by atoms with E-state index >= 15 is 0 Å². The van der Waals surface area contributed by atoms with E-state index in [1.807, 2.05) is 26.0 Å². The highest BCUT2D eigenvalue weighted by molar-refractivity contribution is 7.67. The number of aromatic nitrogens is 8. The van der Waals surface area contributed by atoms with Gasteiger partial charge in [0.2, 0.25) is 35.3 Å². The zero-order chi connectivity index (χ0) is 92.8. The maximum atomic E-state index is 13.1. The third-order valence-electron chi connectivity index (χ3n) is 20.8. The summed E-state index contributed by atoms with van der Waals surface area (Å²) in [5.74, 6) is -0.800. The topological polar surface area (TPSA) is 747 Å². The molecular weight excluding hydrogens is 1800 g/mol. The molecule has 18 N–H and O–H groups in total. The number of amides is 4. The number of phosphoric ester groups is 2. The third-order valence-corrected chi connectivity index (χ3v) is 28.3. The number of nitrogens with two attached hydrogens (primary N) is 2. The lowest BCUT2D eigenvalue weighted by Crippen LogP contribution is -2.49. The minimum absolute atomic E-state index is 0.0289. The fourth-order valence-electron chi connectivity index (χ4n) is 15.8. The first-order valence-electron chi connectivity index (χ1n) is 38.3. The van der Waals surface area contributed by atoms with E-state index in [1.54, 1.807) is 0 Å². The molecule has 12 rings (SSSR count). The molecule has 2 aromatic carbocycles. The summed E-state index contributed by atoms with van der Waals surface area (Å²) in [6.45, 7) is 14.8. The van der Waals surface area contributed by atoms with E-state index in [2.05, 4.69) is 131 Å². The Labute approximate surface area is 711 Å². The number of H-pyrrole nitrogens is 2. The Morgan fingerprint density at radius 2 is 0.937 bits per heavy atom. The molecule has 126 heavy (non-hydrogen) atoms. The number of imidazole rings is 2. The first-order valence-corrected chi connectivity index (χ1v) is 47.3. The van der Waals surface area contributed by atoms with Gasteiger partial charge >= 0.3 is 66.0 Å². The second-order valence-electron chi connectivity index (χ2n) is 31.3. The molecule has 8 aromatic rings. The highest BCUT2D eigenvalue weighted by Crippen LogP contribution is 2.67. The molecule has 0 spiro atoms. The van der Waals surface area contributed by atoms with E-state index in [0.717, 1.165) is 66.4 Å². The molecule has 4 amide bonds. The predicted octanol–water partition coefficient (Wildman–Crippen LogP) is 0.599. The van der Waals surface area contributed by atoms with Gasteiger partial charge in [-0.15, -0.1) is 0 Å². The number of hydrogen-bond acceptors (Lipinski definition) is 36. The third kappa shape index (κ3) is 23.7. The van der Waals surface area contributed by atoms with Crippen LogP contribution in [0, 0.1) is 13.8 Å². The van der Waals surface area contributed by atoms with Gasteiger partial charge in [0.15, 0.2) is 31.0 Å². The monoisotopic (exact) mass is 1900 g/mol. The highest BCUT2D eigenvalue weighted by atomic mass is 31.3. The van der Waals surface area contributed by atoms with Crippen LogP contribution >= 0.6 is 46.9 Å². The molecule has 2 saturated heterocycles. The van der Waals surface area contributed by atoms with E-state index in [-0.39, 0.29) is 108 Å². The summed E-state index contributed by atoms with van der Waals surface area (Å²) in [5, 5.41) is 34.5. The number of anilines is 4. The molecule has 0 saturated carbocycles. The SMILES string of the molecule is Cc1cc(=O)oc2cc3c(cc12)C(C)CC(C)(C)N3CCCC(=O)NCCNC(=O)O[C@@H]1[C@H](O)[C@@H](COP(=O)(O)OP(=O)(O)OP(=O)([O-])O)O[C@H]1[n+]1cn(C)c2c(=O)[nH]c(N)nc21.Cc1cc(=O)oc2cc3c(cc12)C(C)CC(C)(C)N3CCCC(=O)NCCNC(=O)O[C@H]1[C@@H](O)[C@H]([n+]2cn(C)c3c(=O)[nH]c(N)nc32)O[C@@H]1COP(=O)(O)OP(=O)(O)OP(=O)([O-])O. The lowest BCUT2D eigenvalue weighted by Gasteiger charge is -2.47. The van der Waals surface area contributed by atoms with Crippen LogP contribution in [0.25, 0.3) is 44.3 Å². The summed E-state index contributed by atoms with van der Waals surface area (Å²) in [7, 11) is -32.3. The maximum absolute atomic E-state index is 13.1. The number of nitrogens with zero attached hydrogens (tertiary/aromatic N) is 8. The van der Waals surface area contributed by atoms with Gasteiger partial charge in [0.1, 0.15) is 29.5 Å². The quantitative estimate of drug-likeness (QED) is 0.0119. The Morgan fingerprint density at radius 1 is 0.556 bits per heavy atom. The molecule has 692 valence electrons. The fourth-order valence-corrected chi connectivity index (χ4v) is 21.7. The van der Waals surface area contributed by atoms with Crippen molar-refractivity contribution in [1.29, 1.82) is 0 Å². The maximum Gasteiger partial charge on any atom is 0.487 e. The highest BCUT2D eigenvalue weighted by Gasteiger charge is 2.54. The van der Waals surface area contributed by atoms with Gasteiger partial charge in [0.05, 0.1) is 27.3 Å². The fraction of sp³-hybridized carbons (Fsp3) is 0.529. The number of ether oxygens (including phenoxy) is 4. The Bertz CT molecular complexity index is 6090. The molecule has 2 fully saturated rings. The number of phosphoric acid groups is 6. The van der Waals surface area contributed by atoms with Crippen molar-refractivity contribution in [2.75, 3.05) is 73.7 Å². The van der Waals surface area contributed by atoms with Gasteiger partial charge in [-0.05, 0) is 113 Å². The van der Waals surface area contributed by atoms with Gasteiger partial charge in [-0.3, -0.25) is 56.5 Å². The number of nitrogens with one attached hydrogen (secondary N) is 6. The van der Waals surface area contributed by atoms with Crippen LogP contribution in [0.5, 0.6) is 0 Å². The van der Waals surface area contributed by atoms with Crippen LogP contribution in [-0.2, 0) is 96.3 Å². The van der Waals surface area contributed by atoms with Crippen LogP contribution in [0.15, 0.2) is 77.1 Å². The summed E-state index contributed by atoms with van der Waals surface area (Å²) in [5.41, 5.74) is 15.1. The standard InChI is InChI=1S/2C34H47N8O18P3/c1-17-11-25(44)56-22-13-21-19(12-20(17)22)18(2)14-34(3,4)42(21)10-6-7-24(43)36-8-9-37-33(47)58-28-23(15-55-62(51,52)60-63(53,54)59-61(48,49)50)57-31(27(28)45)41-16-40(5)26-29(41)38-32(35)39-30(26)46;1-17-11-25(44)56-22-13-21-19(12-20(17)22)18(2)14-34(3,4)42(21)10-6-7-24(43)36-8-9-37-33(47)58-28-27(45)23(15-55-62(51,52)60-63(53,54)59-61(48,49)50)57-31(28)41-16-40(5)26-29(41)38-32(35)39-30(26)46/h2*11-13,16,18,23,27-28,31,45H,6-10,14-15H2,1-5H3,(H8-,35,36,37,38,39,43,46,47,48,49,50,51,52,53,54)/t2*18?,23-,27-,28-,31-/m11/s1. The molecule has 52 nitrogen and oxygen atoms in total. The number of aliphatic hydroxyl groups excluding tert-OH is 2. The Balaban J connectivity index is 0.000000245. The number of hydrogen-bond donors (Lipinski definition) is 16. The van der Waals surface area contributed by atoms with Crippen molar-refractivity contribution in [3.05, 3.63) is 113 Å². The molecule has 58 heteroatoms. The average Bonchev–Trinajstić information content (AvgIpc) is 1.000. The van der Waals surface area contributed by atoms with E-state index in [9.17, 15) is 105 Å². The molecule has 10 heterocycles. The van der Waals surface area contributed by atoms with Crippen LogP contribution in [0.1, 0.15) is 127 Å². The smallest absolute Gasteiger partial charge is 0.487 e.